The van der Waals surface area contributed by atoms with Crippen molar-refractivity contribution in [2.24, 2.45) is 0 Å². The fourth-order valence-electron chi connectivity index (χ4n) is 2.24. The maximum absolute atomic E-state index is 11.7. The molecule has 0 aliphatic rings. The summed E-state index contributed by atoms with van der Waals surface area (Å²) in [5, 5.41) is 1.93. The Kier molecular flexibility index (Phi) is 5.15. The number of thiazole rings is 1. The van der Waals surface area contributed by atoms with Crippen LogP contribution in [0.1, 0.15) is 25.1 Å². The zero-order valence-electron chi connectivity index (χ0n) is 12.4. The van der Waals surface area contributed by atoms with Crippen molar-refractivity contribution in [1.29, 1.82) is 0 Å². The van der Waals surface area contributed by atoms with Crippen molar-refractivity contribution in [3.05, 3.63) is 56.6 Å². The van der Waals surface area contributed by atoms with Gasteiger partial charge in [0, 0.05) is 36.8 Å². The third-order valence-corrected chi connectivity index (χ3v) is 4.43. The van der Waals surface area contributed by atoms with E-state index in [1.165, 1.54) is 16.9 Å². The van der Waals surface area contributed by atoms with E-state index >= 15 is 0 Å². The number of hydrogen-bond acceptors (Lipinski definition) is 3. The Morgan fingerprint density at radius 1 is 1.25 bits per heavy atom. The molecule has 4 heteroatoms. The lowest BCUT2D eigenvalue weighted by molar-refractivity contribution is 0.203. The minimum Gasteiger partial charge on any atom is -0.302 e. The Morgan fingerprint density at radius 3 is 2.50 bits per heavy atom. The van der Waals surface area contributed by atoms with Gasteiger partial charge in [0.1, 0.15) is 0 Å². The van der Waals surface area contributed by atoms with Crippen LogP contribution >= 0.6 is 11.3 Å². The number of aromatic nitrogens is 1. The molecule has 0 amide bonds. The van der Waals surface area contributed by atoms with Crippen molar-refractivity contribution in [3.63, 3.8) is 0 Å². The molecule has 3 nitrogen and oxygen atoms in total. The van der Waals surface area contributed by atoms with Gasteiger partial charge in [-0.1, -0.05) is 41.7 Å². The largest absolute Gasteiger partial charge is 0.307 e. The first kappa shape index (κ1) is 15.0. The molecule has 1 heterocycles. The van der Waals surface area contributed by atoms with Crippen LogP contribution in [-0.4, -0.2) is 22.1 Å². The summed E-state index contributed by atoms with van der Waals surface area (Å²) in [7, 11) is 0. The SMILES string of the molecule is Cc1csc(=O)n1CCN(Cc1ccccc1)C(C)C. The van der Waals surface area contributed by atoms with Crippen molar-refractivity contribution < 1.29 is 0 Å². The van der Waals surface area contributed by atoms with E-state index in [-0.39, 0.29) is 4.87 Å². The zero-order chi connectivity index (χ0) is 14.5. The standard InChI is InChI=1S/C16H22N2OS/c1-13(2)17(11-15-7-5-4-6-8-15)9-10-18-14(3)12-20-16(18)19/h4-8,12-13H,9-11H2,1-3H3. The van der Waals surface area contributed by atoms with Gasteiger partial charge >= 0.3 is 4.87 Å². The third-order valence-electron chi connectivity index (χ3n) is 3.55. The summed E-state index contributed by atoms with van der Waals surface area (Å²) in [6.07, 6.45) is 0. The molecule has 0 spiro atoms. The zero-order valence-corrected chi connectivity index (χ0v) is 13.2. The molecule has 0 atom stereocenters. The smallest absolute Gasteiger partial charge is 0.302 e. The number of nitrogens with zero attached hydrogens (tertiary/aromatic N) is 2. The fourth-order valence-corrected chi connectivity index (χ4v) is 3.00. The van der Waals surface area contributed by atoms with Gasteiger partial charge in [0.15, 0.2) is 0 Å². The molecule has 2 aromatic rings. The highest BCUT2D eigenvalue weighted by molar-refractivity contribution is 7.07. The minimum absolute atomic E-state index is 0.144. The number of rotatable bonds is 6. The van der Waals surface area contributed by atoms with Gasteiger partial charge in [-0.15, -0.1) is 0 Å². The van der Waals surface area contributed by atoms with Crippen LogP contribution in [0.15, 0.2) is 40.5 Å². The molecule has 1 aromatic carbocycles. The van der Waals surface area contributed by atoms with E-state index in [1.54, 1.807) is 0 Å². The molecule has 0 radical (unpaired) electrons. The van der Waals surface area contributed by atoms with Gasteiger partial charge in [0.25, 0.3) is 0 Å². The van der Waals surface area contributed by atoms with E-state index in [4.69, 9.17) is 0 Å². The van der Waals surface area contributed by atoms with Crippen molar-refractivity contribution >= 4 is 11.3 Å². The Bertz CT molecular complexity index is 586. The predicted molar refractivity (Wildman–Crippen MR) is 85.3 cm³/mol. The normalized spacial score (nSPS) is 11.4. The van der Waals surface area contributed by atoms with Gasteiger partial charge in [0.2, 0.25) is 0 Å². The third kappa shape index (κ3) is 3.81. The average Bonchev–Trinajstić information content (AvgIpc) is 2.75. The molecule has 2 rings (SSSR count). The van der Waals surface area contributed by atoms with Gasteiger partial charge in [0.05, 0.1) is 0 Å². The van der Waals surface area contributed by atoms with E-state index in [1.807, 2.05) is 22.9 Å². The lowest BCUT2D eigenvalue weighted by atomic mass is 10.2. The second-order valence-electron chi connectivity index (χ2n) is 5.34. The lowest BCUT2D eigenvalue weighted by Crippen LogP contribution is -2.34. The maximum Gasteiger partial charge on any atom is 0.307 e. The second kappa shape index (κ2) is 6.86. The topological polar surface area (TPSA) is 25.2 Å². The van der Waals surface area contributed by atoms with Gasteiger partial charge in [-0.25, -0.2) is 0 Å². The van der Waals surface area contributed by atoms with Crippen molar-refractivity contribution in [2.45, 2.75) is 39.9 Å². The fraction of sp³-hybridized carbons (Fsp3) is 0.438. The molecule has 108 valence electrons. The van der Waals surface area contributed by atoms with Crippen LogP contribution in [0.25, 0.3) is 0 Å². The number of aryl methyl sites for hydroxylation is 1. The van der Waals surface area contributed by atoms with E-state index < -0.39 is 0 Å². The first-order chi connectivity index (χ1) is 9.58. The van der Waals surface area contributed by atoms with Crippen molar-refractivity contribution in [1.82, 2.24) is 9.47 Å². The van der Waals surface area contributed by atoms with Gasteiger partial charge in [-0.05, 0) is 26.3 Å². The summed E-state index contributed by atoms with van der Waals surface area (Å²) in [6, 6.07) is 10.9. The molecule has 0 bridgehead atoms. The summed E-state index contributed by atoms with van der Waals surface area (Å²) in [5.41, 5.74) is 2.37. The van der Waals surface area contributed by atoms with Crippen LogP contribution in [0.3, 0.4) is 0 Å². The molecular weight excluding hydrogens is 268 g/mol. The molecule has 0 N–H and O–H groups in total. The second-order valence-corrected chi connectivity index (χ2v) is 6.17. The Morgan fingerprint density at radius 2 is 1.95 bits per heavy atom. The molecule has 1 aromatic heterocycles. The highest BCUT2D eigenvalue weighted by Crippen LogP contribution is 2.09. The molecule has 20 heavy (non-hydrogen) atoms. The highest BCUT2D eigenvalue weighted by Gasteiger charge is 2.11. The number of hydrogen-bond donors (Lipinski definition) is 0. The van der Waals surface area contributed by atoms with Gasteiger partial charge in [-0.2, -0.15) is 0 Å². The molecule has 0 unspecified atom stereocenters. The molecule has 0 aliphatic heterocycles. The lowest BCUT2D eigenvalue weighted by Gasteiger charge is -2.26. The van der Waals surface area contributed by atoms with Crippen LogP contribution in [0, 0.1) is 6.92 Å². The van der Waals surface area contributed by atoms with Crippen LogP contribution < -0.4 is 4.87 Å². The molecular formula is C16H22N2OS. The van der Waals surface area contributed by atoms with E-state index in [0.29, 0.717) is 6.04 Å². The molecule has 0 fully saturated rings. The summed E-state index contributed by atoms with van der Waals surface area (Å²) in [4.78, 5) is 14.3. The molecule has 0 saturated heterocycles. The van der Waals surface area contributed by atoms with Crippen LogP contribution in [0.4, 0.5) is 0 Å². The van der Waals surface area contributed by atoms with E-state index in [2.05, 4.69) is 43.0 Å². The average molecular weight is 290 g/mol. The summed E-state index contributed by atoms with van der Waals surface area (Å²) >= 11 is 1.28. The van der Waals surface area contributed by atoms with Gasteiger partial charge < -0.3 is 4.57 Å². The van der Waals surface area contributed by atoms with Crippen molar-refractivity contribution in [3.8, 4) is 0 Å². The molecule has 0 saturated carbocycles. The van der Waals surface area contributed by atoms with Crippen LogP contribution in [0.5, 0.6) is 0 Å². The highest BCUT2D eigenvalue weighted by atomic mass is 32.1. The Labute approximate surface area is 124 Å². The van der Waals surface area contributed by atoms with Crippen LogP contribution in [0.2, 0.25) is 0 Å². The summed E-state index contributed by atoms with van der Waals surface area (Å²) < 4.78 is 1.87. The van der Waals surface area contributed by atoms with E-state index in [0.717, 1.165) is 25.3 Å². The minimum atomic E-state index is 0.144. The predicted octanol–water partition coefficient (Wildman–Crippen LogP) is 3.13. The monoisotopic (exact) mass is 290 g/mol. The summed E-state index contributed by atoms with van der Waals surface area (Å²) in [5.74, 6) is 0. The maximum atomic E-state index is 11.7. The first-order valence-electron chi connectivity index (χ1n) is 7.01. The number of benzene rings is 1. The van der Waals surface area contributed by atoms with Crippen molar-refractivity contribution in [2.75, 3.05) is 6.54 Å². The Balaban J connectivity index is 2.02. The summed E-state index contributed by atoms with van der Waals surface area (Å²) in [6.45, 7) is 8.98. The first-order valence-corrected chi connectivity index (χ1v) is 7.89. The van der Waals surface area contributed by atoms with Gasteiger partial charge in [-0.3, -0.25) is 9.69 Å². The molecule has 0 aliphatic carbocycles. The van der Waals surface area contributed by atoms with E-state index in [9.17, 15) is 4.79 Å². The Hall–Kier alpha value is -1.39. The quantitative estimate of drug-likeness (QED) is 0.816. The van der Waals surface area contributed by atoms with Crippen LogP contribution in [-0.2, 0) is 13.1 Å².